The third-order valence-corrected chi connectivity index (χ3v) is 6.07. The average Bonchev–Trinajstić information content (AvgIpc) is 2.50. The zero-order valence-electron chi connectivity index (χ0n) is 11.6. The predicted octanol–water partition coefficient (Wildman–Crippen LogP) is 2.74. The molecule has 0 atom stereocenters. The quantitative estimate of drug-likeness (QED) is 0.266. The zero-order chi connectivity index (χ0) is 14.6. The molecule has 0 saturated carbocycles. The number of benzene rings is 1. The highest BCUT2D eigenvalue weighted by Crippen LogP contribution is 2.35. The number of rotatable bonds is 4. The Morgan fingerprint density at radius 1 is 1.40 bits per heavy atom. The number of halogens is 1. The van der Waals surface area contributed by atoms with E-state index >= 15 is 0 Å². The standard InChI is InChI=1S/C14H20IN3OS/c1-20-14(13(16)17-19)6-8-18(9-7-14)10-11-2-4-12(15)5-3-11/h2-5,19H,6-10H2,1H3,(H2,16,17). The molecule has 4 nitrogen and oxygen atoms in total. The summed E-state index contributed by atoms with van der Waals surface area (Å²) >= 11 is 4.01. The van der Waals surface area contributed by atoms with Gasteiger partial charge in [-0.15, -0.1) is 0 Å². The van der Waals surface area contributed by atoms with E-state index in [-0.39, 0.29) is 4.75 Å². The van der Waals surface area contributed by atoms with Crippen molar-refractivity contribution in [3.63, 3.8) is 0 Å². The molecule has 1 aromatic carbocycles. The van der Waals surface area contributed by atoms with Crippen LogP contribution >= 0.6 is 34.4 Å². The fraction of sp³-hybridized carbons (Fsp3) is 0.500. The molecule has 1 heterocycles. The van der Waals surface area contributed by atoms with Crippen molar-refractivity contribution in [1.82, 2.24) is 4.90 Å². The molecule has 6 heteroatoms. The number of oxime groups is 1. The van der Waals surface area contributed by atoms with Crippen LogP contribution in [-0.2, 0) is 6.54 Å². The molecule has 0 radical (unpaired) electrons. The molecule has 3 N–H and O–H groups in total. The van der Waals surface area contributed by atoms with Crippen molar-refractivity contribution in [2.75, 3.05) is 19.3 Å². The van der Waals surface area contributed by atoms with E-state index in [4.69, 9.17) is 10.9 Å². The Morgan fingerprint density at radius 2 is 2.00 bits per heavy atom. The van der Waals surface area contributed by atoms with Gasteiger partial charge in [-0.2, -0.15) is 11.8 Å². The van der Waals surface area contributed by atoms with Gasteiger partial charge in [-0.1, -0.05) is 17.3 Å². The summed E-state index contributed by atoms with van der Waals surface area (Å²) in [7, 11) is 0. The van der Waals surface area contributed by atoms with Gasteiger partial charge in [-0.25, -0.2) is 0 Å². The lowest BCUT2D eigenvalue weighted by Crippen LogP contribution is -2.49. The molecule has 20 heavy (non-hydrogen) atoms. The average molecular weight is 405 g/mol. The van der Waals surface area contributed by atoms with E-state index in [9.17, 15) is 0 Å². The lowest BCUT2D eigenvalue weighted by molar-refractivity contribution is 0.209. The zero-order valence-corrected chi connectivity index (χ0v) is 14.5. The number of nitrogens with two attached hydrogens (primary N) is 1. The van der Waals surface area contributed by atoms with Crippen LogP contribution in [0.25, 0.3) is 0 Å². The molecule has 1 aliphatic heterocycles. The minimum Gasteiger partial charge on any atom is -0.409 e. The van der Waals surface area contributed by atoms with Gasteiger partial charge in [0.05, 0.1) is 4.75 Å². The second-order valence-electron chi connectivity index (χ2n) is 5.09. The van der Waals surface area contributed by atoms with Crippen LogP contribution in [-0.4, -0.2) is 40.0 Å². The fourth-order valence-electron chi connectivity index (χ4n) is 2.58. The van der Waals surface area contributed by atoms with E-state index in [1.54, 1.807) is 11.8 Å². The Hall–Kier alpha value is -0.470. The molecule has 0 aliphatic carbocycles. The van der Waals surface area contributed by atoms with Gasteiger partial charge in [0, 0.05) is 23.2 Å². The van der Waals surface area contributed by atoms with Gasteiger partial charge < -0.3 is 10.9 Å². The number of thioether (sulfide) groups is 1. The SMILES string of the molecule is CSC1(C(N)=NO)CCN(Cc2ccc(I)cc2)CC1. The Labute approximate surface area is 137 Å². The third-order valence-electron chi connectivity index (χ3n) is 3.95. The monoisotopic (exact) mass is 405 g/mol. The van der Waals surface area contributed by atoms with E-state index in [2.05, 4.69) is 56.9 Å². The largest absolute Gasteiger partial charge is 0.409 e. The highest BCUT2D eigenvalue weighted by atomic mass is 127. The number of hydrogen-bond donors (Lipinski definition) is 2. The van der Waals surface area contributed by atoms with Gasteiger partial charge >= 0.3 is 0 Å². The van der Waals surface area contributed by atoms with Crippen molar-refractivity contribution in [3.05, 3.63) is 33.4 Å². The van der Waals surface area contributed by atoms with E-state index in [1.807, 2.05) is 6.26 Å². The Balaban J connectivity index is 1.95. The summed E-state index contributed by atoms with van der Waals surface area (Å²) in [5.74, 6) is 0.360. The van der Waals surface area contributed by atoms with Gasteiger partial charge in [0.2, 0.25) is 0 Å². The summed E-state index contributed by atoms with van der Waals surface area (Å²) in [5.41, 5.74) is 7.21. The van der Waals surface area contributed by atoms with Crippen molar-refractivity contribution in [2.24, 2.45) is 10.9 Å². The predicted molar refractivity (Wildman–Crippen MR) is 93.3 cm³/mol. The number of nitrogens with zero attached hydrogens (tertiary/aromatic N) is 2. The van der Waals surface area contributed by atoms with Crippen molar-refractivity contribution in [1.29, 1.82) is 0 Å². The van der Waals surface area contributed by atoms with E-state index in [0.29, 0.717) is 5.84 Å². The third kappa shape index (κ3) is 3.59. The second-order valence-corrected chi connectivity index (χ2v) is 7.52. The van der Waals surface area contributed by atoms with Crippen LogP contribution in [0, 0.1) is 3.57 Å². The van der Waals surface area contributed by atoms with Gasteiger partial charge in [0.25, 0.3) is 0 Å². The van der Waals surface area contributed by atoms with Crippen LogP contribution in [0.15, 0.2) is 29.4 Å². The first-order valence-electron chi connectivity index (χ1n) is 6.59. The maximum absolute atomic E-state index is 8.95. The lowest BCUT2D eigenvalue weighted by Gasteiger charge is -2.39. The molecule has 0 amide bonds. The van der Waals surface area contributed by atoms with Crippen LogP contribution in [0.5, 0.6) is 0 Å². The Morgan fingerprint density at radius 3 is 2.50 bits per heavy atom. The lowest BCUT2D eigenvalue weighted by atomic mass is 9.94. The number of amidine groups is 1. The van der Waals surface area contributed by atoms with Crippen LogP contribution in [0.1, 0.15) is 18.4 Å². The maximum atomic E-state index is 8.95. The van der Waals surface area contributed by atoms with Crippen molar-refractivity contribution in [3.8, 4) is 0 Å². The van der Waals surface area contributed by atoms with E-state index in [0.717, 1.165) is 32.5 Å². The first-order chi connectivity index (χ1) is 9.59. The molecule has 0 unspecified atom stereocenters. The van der Waals surface area contributed by atoms with Crippen molar-refractivity contribution in [2.45, 2.75) is 24.1 Å². The molecule has 1 saturated heterocycles. The van der Waals surface area contributed by atoms with Crippen LogP contribution in [0.4, 0.5) is 0 Å². The van der Waals surface area contributed by atoms with Gasteiger partial charge in [0.15, 0.2) is 5.84 Å². The summed E-state index contributed by atoms with van der Waals surface area (Å²) in [6.07, 6.45) is 3.88. The Bertz CT molecular complexity index is 470. The molecule has 1 fully saturated rings. The van der Waals surface area contributed by atoms with Gasteiger partial charge in [-0.05, 0) is 59.4 Å². The summed E-state index contributed by atoms with van der Waals surface area (Å²) in [6.45, 7) is 2.92. The molecular weight excluding hydrogens is 385 g/mol. The smallest absolute Gasteiger partial charge is 0.155 e. The number of likely N-dealkylation sites (tertiary alicyclic amines) is 1. The summed E-state index contributed by atoms with van der Waals surface area (Å²) in [4.78, 5) is 2.43. The minimum atomic E-state index is -0.197. The summed E-state index contributed by atoms with van der Waals surface area (Å²) in [6, 6.07) is 8.65. The summed E-state index contributed by atoms with van der Waals surface area (Å²) < 4.78 is 1.07. The van der Waals surface area contributed by atoms with Crippen LogP contribution in [0.3, 0.4) is 0 Å². The summed E-state index contributed by atoms with van der Waals surface area (Å²) in [5, 5.41) is 12.2. The Kier molecular flexibility index (Phi) is 5.57. The normalized spacial score (nSPS) is 20.0. The van der Waals surface area contributed by atoms with Gasteiger partial charge in [0.1, 0.15) is 0 Å². The first-order valence-corrected chi connectivity index (χ1v) is 8.90. The second kappa shape index (κ2) is 7.00. The molecule has 110 valence electrons. The molecule has 1 aromatic rings. The first kappa shape index (κ1) is 15.9. The van der Waals surface area contributed by atoms with Crippen LogP contribution in [0.2, 0.25) is 0 Å². The minimum absolute atomic E-state index is 0.197. The highest BCUT2D eigenvalue weighted by molar-refractivity contribution is 14.1. The van der Waals surface area contributed by atoms with E-state index < -0.39 is 0 Å². The van der Waals surface area contributed by atoms with Crippen LogP contribution < -0.4 is 5.73 Å². The molecule has 0 aromatic heterocycles. The molecular formula is C14H20IN3OS. The van der Waals surface area contributed by atoms with E-state index in [1.165, 1.54) is 9.13 Å². The van der Waals surface area contributed by atoms with Gasteiger partial charge in [-0.3, -0.25) is 4.90 Å². The molecule has 0 spiro atoms. The molecule has 0 bridgehead atoms. The fourth-order valence-corrected chi connectivity index (χ4v) is 3.78. The molecule has 2 rings (SSSR count). The van der Waals surface area contributed by atoms with Crippen molar-refractivity contribution < 1.29 is 5.21 Å². The van der Waals surface area contributed by atoms with Crippen molar-refractivity contribution >= 4 is 40.2 Å². The highest BCUT2D eigenvalue weighted by Gasteiger charge is 2.38. The number of hydrogen-bond acceptors (Lipinski definition) is 4. The number of piperidine rings is 1. The maximum Gasteiger partial charge on any atom is 0.155 e. The molecule has 1 aliphatic rings. The topological polar surface area (TPSA) is 61.9 Å².